The first-order chi connectivity index (χ1) is 14.5. The summed E-state index contributed by atoms with van der Waals surface area (Å²) in [6.07, 6.45) is 0. The number of halogens is 1. The van der Waals surface area contributed by atoms with Crippen molar-refractivity contribution < 1.29 is 28.2 Å². The van der Waals surface area contributed by atoms with Gasteiger partial charge in [0.2, 0.25) is 0 Å². The minimum atomic E-state index is -0.832. The van der Waals surface area contributed by atoms with Gasteiger partial charge in [0, 0.05) is 0 Å². The van der Waals surface area contributed by atoms with Gasteiger partial charge in [-0.05, 0) is 48.5 Å². The van der Waals surface area contributed by atoms with Crippen LogP contribution >= 0.6 is 0 Å². The van der Waals surface area contributed by atoms with Crippen molar-refractivity contribution in [1.82, 2.24) is 10.9 Å². The first-order valence-corrected chi connectivity index (χ1v) is 8.87. The Labute approximate surface area is 171 Å². The van der Waals surface area contributed by atoms with Crippen molar-refractivity contribution in [3.8, 4) is 11.5 Å². The number of para-hydroxylation sites is 1. The minimum absolute atomic E-state index is 0.221. The molecule has 0 saturated carbocycles. The van der Waals surface area contributed by atoms with E-state index >= 15 is 0 Å². The molecule has 7 nitrogen and oxygen atoms in total. The molecule has 0 aliphatic carbocycles. The highest BCUT2D eigenvalue weighted by atomic mass is 19.1. The lowest BCUT2D eigenvalue weighted by molar-refractivity contribution is -0.125. The molecule has 0 saturated heterocycles. The van der Waals surface area contributed by atoms with Crippen LogP contribution in [0.4, 0.5) is 4.39 Å². The third kappa shape index (κ3) is 5.65. The molecule has 30 heavy (non-hydrogen) atoms. The van der Waals surface area contributed by atoms with Crippen LogP contribution in [0.25, 0.3) is 0 Å². The molecule has 0 atom stereocenters. The number of rotatable bonds is 6. The highest BCUT2D eigenvalue weighted by molar-refractivity contribution is 5.96. The highest BCUT2D eigenvalue weighted by Gasteiger charge is 2.13. The fraction of sp³-hybridized carbons (Fsp3) is 0.0455. The molecule has 3 aromatic rings. The summed E-state index contributed by atoms with van der Waals surface area (Å²) in [4.78, 5) is 35.6. The summed E-state index contributed by atoms with van der Waals surface area (Å²) in [5.41, 5.74) is 4.09. The van der Waals surface area contributed by atoms with Crippen LogP contribution in [0.3, 0.4) is 0 Å². The Morgan fingerprint density at radius 3 is 2.10 bits per heavy atom. The number of ether oxygens (including phenoxy) is 2. The van der Waals surface area contributed by atoms with E-state index in [9.17, 15) is 18.8 Å². The van der Waals surface area contributed by atoms with E-state index in [-0.39, 0.29) is 11.1 Å². The molecule has 0 heterocycles. The second-order valence-electron chi connectivity index (χ2n) is 6.00. The molecule has 0 fully saturated rings. The van der Waals surface area contributed by atoms with E-state index in [1.807, 2.05) is 29.1 Å². The Morgan fingerprint density at radius 1 is 0.767 bits per heavy atom. The Bertz CT molecular complexity index is 1040. The molecule has 2 amide bonds. The fourth-order valence-corrected chi connectivity index (χ4v) is 2.37. The van der Waals surface area contributed by atoms with E-state index in [0.29, 0.717) is 11.5 Å². The van der Waals surface area contributed by atoms with Crippen LogP contribution in [0.2, 0.25) is 0 Å². The molecule has 0 unspecified atom stereocenters. The Balaban J connectivity index is 1.45. The summed E-state index contributed by atoms with van der Waals surface area (Å²) in [5, 5.41) is 0. The molecule has 152 valence electrons. The van der Waals surface area contributed by atoms with E-state index in [0.717, 1.165) is 6.07 Å². The molecule has 0 spiro atoms. The van der Waals surface area contributed by atoms with E-state index in [1.165, 1.54) is 30.3 Å². The van der Waals surface area contributed by atoms with Gasteiger partial charge in [0.05, 0.1) is 11.1 Å². The van der Waals surface area contributed by atoms with E-state index < -0.39 is 30.2 Å². The first kappa shape index (κ1) is 20.5. The number of carbonyl (C=O) groups is 3. The summed E-state index contributed by atoms with van der Waals surface area (Å²) in [5.74, 6) is -1.88. The molecule has 0 aromatic heterocycles. The average molecular weight is 408 g/mol. The second-order valence-corrected chi connectivity index (χ2v) is 6.00. The second kappa shape index (κ2) is 9.83. The van der Waals surface area contributed by atoms with Gasteiger partial charge in [-0.1, -0.05) is 30.3 Å². The van der Waals surface area contributed by atoms with E-state index in [4.69, 9.17) is 9.47 Å². The van der Waals surface area contributed by atoms with Gasteiger partial charge < -0.3 is 9.47 Å². The molecule has 2 N–H and O–H groups in total. The zero-order valence-electron chi connectivity index (χ0n) is 15.6. The summed E-state index contributed by atoms with van der Waals surface area (Å²) in [7, 11) is 0. The Morgan fingerprint density at radius 2 is 1.40 bits per heavy atom. The number of hydrogen-bond donors (Lipinski definition) is 2. The highest BCUT2D eigenvalue weighted by Crippen LogP contribution is 2.21. The van der Waals surface area contributed by atoms with Crippen LogP contribution in [0.5, 0.6) is 11.5 Å². The quantitative estimate of drug-likeness (QED) is 0.483. The normalized spacial score (nSPS) is 10.0. The van der Waals surface area contributed by atoms with Crippen molar-refractivity contribution in [3.63, 3.8) is 0 Å². The topological polar surface area (TPSA) is 93.7 Å². The predicted molar refractivity (Wildman–Crippen MR) is 105 cm³/mol. The van der Waals surface area contributed by atoms with Gasteiger partial charge in [-0.3, -0.25) is 20.4 Å². The molecular formula is C22H17FN2O5. The van der Waals surface area contributed by atoms with Crippen LogP contribution in [-0.4, -0.2) is 24.4 Å². The van der Waals surface area contributed by atoms with Crippen molar-refractivity contribution >= 4 is 17.8 Å². The van der Waals surface area contributed by atoms with Gasteiger partial charge in [0.1, 0.15) is 17.3 Å². The smallest absolute Gasteiger partial charge is 0.338 e. The number of amides is 2. The van der Waals surface area contributed by atoms with Crippen molar-refractivity contribution in [2.75, 3.05) is 6.61 Å². The van der Waals surface area contributed by atoms with Gasteiger partial charge in [-0.15, -0.1) is 0 Å². The summed E-state index contributed by atoms with van der Waals surface area (Å²) < 4.78 is 24.0. The Kier molecular flexibility index (Phi) is 6.73. The van der Waals surface area contributed by atoms with Gasteiger partial charge >= 0.3 is 5.97 Å². The molecule has 0 aliphatic rings. The molecule has 0 aliphatic heterocycles. The van der Waals surface area contributed by atoms with E-state index in [2.05, 4.69) is 0 Å². The number of nitrogens with one attached hydrogen (secondary N) is 2. The van der Waals surface area contributed by atoms with Gasteiger partial charge in [-0.2, -0.15) is 0 Å². The van der Waals surface area contributed by atoms with Crippen LogP contribution < -0.4 is 15.6 Å². The molecule has 0 bridgehead atoms. The lowest BCUT2D eigenvalue weighted by Crippen LogP contribution is -2.43. The fourth-order valence-electron chi connectivity index (χ4n) is 2.37. The Hall–Kier alpha value is -4.20. The summed E-state index contributed by atoms with van der Waals surface area (Å²) in [6, 6.07) is 20.6. The zero-order chi connectivity index (χ0) is 21.3. The average Bonchev–Trinajstić information content (AvgIpc) is 2.77. The van der Waals surface area contributed by atoms with Gasteiger partial charge in [-0.25, -0.2) is 9.18 Å². The number of hydrazine groups is 1. The van der Waals surface area contributed by atoms with E-state index in [1.54, 1.807) is 24.3 Å². The van der Waals surface area contributed by atoms with Crippen molar-refractivity contribution in [2.45, 2.75) is 0 Å². The number of carbonyl (C=O) groups excluding carboxylic acids is 3. The predicted octanol–water partition coefficient (Wildman–Crippen LogP) is 3.24. The molecular weight excluding hydrogens is 391 g/mol. The third-order valence-corrected chi connectivity index (χ3v) is 3.84. The van der Waals surface area contributed by atoms with Crippen molar-refractivity contribution in [1.29, 1.82) is 0 Å². The summed E-state index contributed by atoms with van der Waals surface area (Å²) >= 11 is 0. The third-order valence-electron chi connectivity index (χ3n) is 3.84. The SMILES string of the molecule is O=C(COC(=O)c1ccc(Oc2ccccc2)cc1)NNC(=O)c1ccccc1F. The number of hydrogen-bond acceptors (Lipinski definition) is 5. The van der Waals surface area contributed by atoms with Crippen LogP contribution in [0.1, 0.15) is 20.7 Å². The van der Waals surface area contributed by atoms with Crippen LogP contribution in [0, 0.1) is 5.82 Å². The lowest BCUT2D eigenvalue weighted by atomic mass is 10.2. The molecule has 3 aromatic carbocycles. The van der Waals surface area contributed by atoms with Crippen molar-refractivity contribution in [3.05, 3.63) is 95.8 Å². The maximum Gasteiger partial charge on any atom is 0.338 e. The molecule has 0 radical (unpaired) electrons. The van der Waals surface area contributed by atoms with Gasteiger partial charge in [0.15, 0.2) is 6.61 Å². The monoisotopic (exact) mass is 408 g/mol. The zero-order valence-corrected chi connectivity index (χ0v) is 15.6. The number of benzene rings is 3. The lowest BCUT2D eigenvalue weighted by Gasteiger charge is -2.09. The maximum atomic E-state index is 13.5. The van der Waals surface area contributed by atoms with Crippen LogP contribution in [0.15, 0.2) is 78.9 Å². The minimum Gasteiger partial charge on any atom is -0.457 e. The van der Waals surface area contributed by atoms with Crippen molar-refractivity contribution in [2.24, 2.45) is 0 Å². The number of esters is 1. The molecule has 3 rings (SSSR count). The summed E-state index contributed by atoms with van der Waals surface area (Å²) in [6.45, 7) is -0.626. The standard InChI is InChI=1S/C22H17FN2O5/c23-19-9-5-4-8-18(19)21(27)25-24-20(26)14-29-22(28)15-10-12-17(13-11-15)30-16-6-2-1-3-7-16/h1-13H,14H2,(H,24,26)(H,25,27). The molecule has 8 heteroatoms. The largest absolute Gasteiger partial charge is 0.457 e. The first-order valence-electron chi connectivity index (χ1n) is 8.87. The van der Waals surface area contributed by atoms with Crippen LogP contribution in [-0.2, 0) is 9.53 Å². The van der Waals surface area contributed by atoms with Gasteiger partial charge in [0.25, 0.3) is 11.8 Å². The maximum absolute atomic E-state index is 13.5.